The van der Waals surface area contributed by atoms with Gasteiger partial charge in [0.1, 0.15) is 5.00 Å². The maximum Gasteiger partial charge on any atom is 0.254 e. The van der Waals surface area contributed by atoms with Crippen molar-refractivity contribution in [2.45, 2.75) is 13.8 Å². The lowest BCUT2D eigenvalue weighted by atomic mass is 10.3. The average molecular weight is 234 g/mol. The van der Waals surface area contributed by atoms with Crippen molar-refractivity contribution >= 4 is 17.2 Å². The Morgan fingerprint density at radius 2 is 2.31 bits per heavy atom. The van der Waals surface area contributed by atoms with Gasteiger partial charge >= 0.3 is 0 Å². The van der Waals surface area contributed by atoms with E-state index in [9.17, 15) is 4.79 Å². The third-order valence-corrected chi connectivity index (χ3v) is 3.31. The van der Waals surface area contributed by atoms with Gasteiger partial charge in [0.2, 0.25) is 0 Å². The molecule has 2 rings (SSSR count). The fourth-order valence-electron chi connectivity index (χ4n) is 1.61. The van der Waals surface area contributed by atoms with Crippen LogP contribution < -0.4 is 5.32 Å². The molecule has 1 amide bonds. The molecule has 0 spiro atoms. The van der Waals surface area contributed by atoms with Gasteiger partial charge in [-0.15, -0.1) is 11.3 Å². The Labute approximate surface area is 98.7 Å². The summed E-state index contributed by atoms with van der Waals surface area (Å²) in [5.41, 5.74) is 1.87. The zero-order chi connectivity index (χ0) is 11.5. The lowest BCUT2D eigenvalue weighted by Gasteiger charge is -2.07. The quantitative estimate of drug-likeness (QED) is 0.870. The second kappa shape index (κ2) is 4.53. The number of rotatable bonds is 3. The molecule has 2 aromatic heterocycles. The molecular formula is C12H14N2OS. The van der Waals surface area contributed by atoms with Crippen molar-refractivity contribution in [3.05, 3.63) is 41.0 Å². The predicted octanol–water partition coefficient (Wildman–Crippen LogP) is 2.60. The van der Waals surface area contributed by atoms with Crippen LogP contribution in [0.15, 0.2) is 29.8 Å². The molecule has 3 nitrogen and oxygen atoms in total. The molecule has 0 aliphatic heterocycles. The minimum Gasteiger partial charge on any atom is -0.352 e. The number of thiophene rings is 1. The molecule has 0 bridgehead atoms. The highest BCUT2D eigenvalue weighted by atomic mass is 32.1. The van der Waals surface area contributed by atoms with Crippen LogP contribution in [0.3, 0.4) is 0 Å². The Balaban J connectivity index is 2.40. The third kappa shape index (κ3) is 1.88. The first kappa shape index (κ1) is 11.0. The van der Waals surface area contributed by atoms with Crippen LogP contribution in [-0.4, -0.2) is 17.0 Å². The van der Waals surface area contributed by atoms with Crippen molar-refractivity contribution in [2.75, 3.05) is 6.54 Å². The number of nitrogens with zero attached hydrogens (tertiary/aromatic N) is 1. The summed E-state index contributed by atoms with van der Waals surface area (Å²) in [7, 11) is 0. The van der Waals surface area contributed by atoms with E-state index in [1.54, 1.807) is 11.3 Å². The van der Waals surface area contributed by atoms with Crippen molar-refractivity contribution in [1.29, 1.82) is 0 Å². The van der Waals surface area contributed by atoms with Gasteiger partial charge in [-0.3, -0.25) is 4.79 Å². The van der Waals surface area contributed by atoms with E-state index in [1.165, 1.54) is 0 Å². The molecule has 16 heavy (non-hydrogen) atoms. The van der Waals surface area contributed by atoms with E-state index in [2.05, 4.69) is 5.32 Å². The van der Waals surface area contributed by atoms with Gasteiger partial charge in [-0.1, -0.05) is 0 Å². The Morgan fingerprint density at radius 1 is 1.50 bits per heavy atom. The molecule has 4 heteroatoms. The van der Waals surface area contributed by atoms with E-state index in [0.717, 1.165) is 16.3 Å². The number of carbonyl (C=O) groups excluding carboxylic acids is 1. The first-order chi connectivity index (χ1) is 7.74. The molecule has 0 atom stereocenters. The van der Waals surface area contributed by atoms with Gasteiger partial charge in [0, 0.05) is 18.4 Å². The minimum atomic E-state index is -0.00755. The van der Waals surface area contributed by atoms with Crippen molar-refractivity contribution < 1.29 is 4.79 Å². The van der Waals surface area contributed by atoms with Gasteiger partial charge in [0.25, 0.3) is 5.91 Å². The van der Waals surface area contributed by atoms with Crippen LogP contribution >= 0.6 is 11.3 Å². The molecule has 0 fully saturated rings. The molecule has 0 aliphatic rings. The van der Waals surface area contributed by atoms with E-state index < -0.39 is 0 Å². The number of carbonyl (C=O) groups is 1. The summed E-state index contributed by atoms with van der Waals surface area (Å²) < 4.78 is 2.04. The molecule has 0 aromatic carbocycles. The van der Waals surface area contributed by atoms with Gasteiger partial charge in [-0.05, 0) is 37.4 Å². The highest BCUT2D eigenvalue weighted by molar-refractivity contribution is 7.13. The van der Waals surface area contributed by atoms with E-state index in [4.69, 9.17) is 0 Å². The molecule has 0 unspecified atom stereocenters. The molecule has 2 aromatic rings. The zero-order valence-corrected chi connectivity index (χ0v) is 10.2. The van der Waals surface area contributed by atoms with E-state index >= 15 is 0 Å². The van der Waals surface area contributed by atoms with Crippen LogP contribution in [0.2, 0.25) is 0 Å². The Morgan fingerprint density at radius 3 is 2.94 bits per heavy atom. The highest BCUT2D eigenvalue weighted by Crippen LogP contribution is 2.23. The van der Waals surface area contributed by atoms with E-state index in [0.29, 0.717) is 6.54 Å². The van der Waals surface area contributed by atoms with Gasteiger partial charge in [-0.2, -0.15) is 0 Å². The summed E-state index contributed by atoms with van der Waals surface area (Å²) in [5.74, 6) is -0.00755. The van der Waals surface area contributed by atoms with E-state index in [1.807, 2.05) is 48.2 Å². The zero-order valence-electron chi connectivity index (χ0n) is 9.36. The molecule has 84 valence electrons. The summed E-state index contributed by atoms with van der Waals surface area (Å²) in [6.45, 7) is 4.60. The standard InChI is InChI=1S/C12H14N2OS/c1-3-13-11(15)10-6-8-16-12(10)14-7-4-5-9(14)2/h4-8H,3H2,1-2H3,(H,13,15). The molecule has 1 N–H and O–H groups in total. The molecular weight excluding hydrogens is 220 g/mol. The van der Waals surface area contributed by atoms with Crippen LogP contribution in [0, 0.1) is 6.92 Å². The minimum absolute atomic E-state index is 0.00755. The Kier molecular flexibility index (Phi) is 3.10. The largest absolute Gasteiger partial charge is 0.352 e. The summed E-state index contributed by atoms with van der Waals surface area (Å²) in [5, 5.41) is 5.75. The monoisotopic (exact) mass is 234 g/mol. The predicted molar refractivity (Wildman–Crippen MR) is 66.4 cm³/mol. The summed E-state index contributed by atoms with van der Waals surface area (Å²) in [6, 6.07) is 5.88. The number of aryl methyl sites for hydroxylation is 1. The van der Waals surface area contributed by atoms with Crippen LogP contribution in [0.25, 0.3) is 5.00 Å². The second-order valence-corrected chi connectivity index (χ2v) is 4.41. The van der Waals surface area contributed by atoms with Crippen molar-refractivity contribution in [1.82, 2.24) is 9.88 Å². The van der Waals surface area contributed by atoms with Gasteiger partial charge in [0.05, 0.1) is 5.56 Å². The van der Waals surface area contributed by atoms with Crippen LogP contribution in [0.5, 0.6) is 0 Å². The molecule has 0 saturated carbocycles. The smallest absolute Gasteiger partial charge is 0.254 e. The molecule has 0 radical (unpaired) electrons. The van der Waals surface area contributed by atoms with Gasteiger partial charge in [-0.25, -0.2) is 0 Å². The second-order valence-electron chi connectivity index (χ2n) is 3.52. The normalized spacial score (nSPS) is 10.4. The number of aromatic nitrogens is 1. The van der Waals surface area contributed by atoms with E-state index in [-0.39, 0.29) is 5.91 Å². The van der Waals surface area contributed by atoms with Crippen LogP contribution in [0.4, 0.5) is 0 Å². The average Bonchev–Trinajstić information content (AvgIpc) is 2.85. The summed E-state index contributed by atoms with van der Waals surface area (Å²) in [6.07, 6.45) is 1.98. The van der Waals surface area contributed by atoms with Crippen LogP contribution in [-0.2, 0) is 0 Å². The third-order valence-electron chi connectivity index (χ3n) is 2.40. The van der Waals surface area contributed by atoms with Gasteiger partial charge < -0.3 is 9.88 Å². The van der Waals surface area contributed by atoms with Crippen molar-refractivity contribution in [3.63, 3.8) is 0 Å². The first-order valence-electron chi connectivity index (χ1n) is 5.24. The topological polar surface area (TPSA) is 34.0 Å². The molecule has 0 saturated heterocycles. The lowest BCUT2D eigenvalue weighted by molar-refractivity contribution is 0.0956. The number of amides is 1. The van der Waals surface area contributed by atoms with Crippen molar-refractivity contribution in [3.8, 4) is 5.00 Å². The fraction of sp³-hybridized carbons (Fsp3) is 0.250. The fourth-order valence-corrected chi connectivity index (χ4v) is 2.55. The number of nitrogens with one attached hydrogen (secondary N) is 1. The van der Waals surface area contributed by atoms with Crippen molar-refractivity contribution in [2.24, 2.45) is 0 Å². The lowest BCUT2D eigenvalue weighted by Crippen LogP contribution is -2.23. The number of hydrogen-bond donors (Lipinski definition) is 1. The van der Waals surface area contributed by atoms with Crippen LogP contribution in [0.1, 0.15) is 23.0 Å². The Hall–Kier alpha value is -1.55. The highest BCUT2D eigenvalue weighted by Gasteiger charge is 2.13. The summed E-state index contributed by atoms with van der Waals surface area (Å²) >= 11 is 1.58. The SMILES string of the molecule is CCNC(=O)c1ccsc1-n1cccc1C. The van der Waals surface area contributed by atoms with Gasteiger partial charge in [0.15, 0.2) is 0 Å². The number of hydrogen-bond acceptors (Lipinski definition) is 2. The summed E-state index contributed by atoms with van der Waals surface area (Å²) in [4.78, 5) is 11.8. The maximum absolute atomic E-state index is 11.8. The Bertz CT molecular complexity index is 499. The molecule has 0 aliphatic carbocycles. The maximum atomic E-state index is 11.8. The molecule has 2 heterocycles. The first-order valence-corrected chi connectivity index (χ1v) is 6.12.